The molecule has 1 heterocycles. The summed E-state index contributed by atoms with van der Waals surface area (Å²) >= 11 is 0. The molecule has 0 spiro atoms. The molecule has 6 atom stereocenters. The molecular weight excluding hydrogens is 330 g/mol. The number of amides is 2. The van der Waals surface area contributed by atoms with Crippen LogP contribution in [-0.4, -0.2) is 65.7 Å². The van der Waals surface area contributed by atoms with Crippen molar-refractivity contribution >= 4 is 12.0 Å². The number of carboxylic acids is 1. The van der Waals surface area contributed by atoms with Crippen molar-refractivity contribution in [2.75, 3.05) is 26.7 Å². The number of carbonyl (C=O) groups is 2. The minimum Gasteiger partial charge on any atom is -0.480 e. The number of likely N-dealkylation sites (N-methyl/N-ethyl adjacent to an activating group) is 1. The van der Waals surface area contributed by atoms with Gasteiger partial charge in [0.2, 0.25) is 0 Å². The van der Waals surface area contributed by atoms with Crippen molar-refractivity contribution in [3.05, 3.63) is 0 Å². The van der Waals surface area contributed by atoms with Crippen LogP contribution >= 0.6 is 0 Å². The molecular formula is C20H33N3O3. The molecule has 3 aliphatic carbocycles. The first-order chi connectivity index (χ1) is 12.5. The number of likely N-dealkylation sites (tertiary alicyclic amines) is 1. The normalized spacial score (nSPS) is 39.1. The number of fused-ring (bicyclic) bond motifs is 5. The highest BCUT2D eigenvalue weighted by atomic mass is 16.4. The van der Waals surface area contributed by atoms with E-state index in [0.29, 0.717) is 6.04 Å². The predicted molar refractivity (Wildman–Crippen MR) is 98.8 cm³/mol. The van der Waals surface area contributed by atoms with E-state index in [2.05, 4.69) is 5.32 Å². The molecule has 4 fully saturated rings. The third-order valence-electron chi connectivity index (χ3n) is 7.73. The van der Waals surface area contributed by atoms with Gasteiger partial charge in [-0.1, -0.05) is 6.42 Å². The molecule has 2 amide bonds. The molecule has 2 N–H and O–H groups in total. The minimum atomic E-state index is -0.784. The lowest BCUT2D eigenvalue weighted by molar-refractivity contribution is -0.138. The van der Waals surface area contributed by atoms with E-state index >= 15 is 0 Å². The number of aliphatic carboxylic acids is 1. The summed E-state index contributed by atoms with van der Waals surface area (Å²) in [5, 5.41) is 12.4. The molecule has 146 valence electrons. The third-order valence-corrected chi connectivity index (χ3v) is 7.73. The van der Waals surface area contributed by atoms with Gasteiger partial charge in [0.05, 0.1) is 6.54 Å². The monoisotopic (exact) mass is 363 g/mol. The van der Waals surface area contributed by atoms with Gasteiger partial charge in [-0.3, -0.25) is 9.69 Å². The third kappa shape index (κ3) is 3.45. The van der Waals surface area contributed by atoms with Crippen molar-refractivity contribution in [1.82, 2.24) is 15.1 Å². The van der Waals surface area contributed by atoms with Gasteiger partial charge in [0, 0.05) is 25.2 Å². The van der Waals surface area contributed by atoms with Gasteiger partial charge in [-0.2, -0.15) is 0 Å². The standard InChI is InChI=1S/C20H33N3O3/c1-22(12-19(24)25)14-4-3-8-23(9-7-14)20(26)21-18-11-13-10-17(18)16-6-2-5-15(13)16/h13-18H,2-12H2,1H3,(H,21,26)(H,24,25). The quantitative estimate of drug-likeness (QED) is 0.804. The zero-order valence-electron chi connectivity index (χ0n) is 15.9. The van der Waals surface area contributed by atoms with Gasteiger partial charge < -0.3 is 15.3 Å². The van der Waals surface area contributed by atoms with Crippen molar-refractivity contribution in [1.29, 1.82) is 0 Å². The molecule has 26 heavy (non-hydrogen) atoms. The van der Waals surface area contributed by atoms with Crippen molar-refractivity contribution in [2.24, 2.45) is 23.7 Å². The van der Waals surface area contributed by atoms with Crippen LogP contribution in [0.3, 0.4) is 0 Å². The van der Waals surface area contributed by atoms with Crippen LogP contribution in [0.4, 0.5) is 4.79 Å². The zero-order valence-corrected chi connectivity index (χ0v) is 15.9. The lowest BCUT2D eigenvalue weighted by atomic mass is 9.79. The number of hydrogen-bond acceptors (Lipinski definition) is 3. The largest absolute Gasteiger partial charge is 0.480 e. The Kier molecular flexibility index (Phi) is 5.13. The Morgan fingerprint density at radius 2 is 1.85 bits per heavy atom. The van der Waals surface area contributed by atoms with E-state index in [0.717, 1.165) is 56.0 Å². The molecule has 0 aromatic carbocycles. The Bertz CT molecular complexity index is 554. The topological polar surface area (TPSA) is 72.9 Å². The Labute approximate surface area is 156 Å². The molecule has 6 nitrogen and oxygen atoms in total. The predicted octanol–water partition coefficient (Wildman–Crippen LogP) is 2.39. The van der Waals surface area contributed by atoms with Crippen LogP contribution in [0.25, 0.3) is 0 Å². The zero-order chi connectivity index (χ0) is 18.3. The van der Waals surface area contributed by atoms with Gasteiger partial charge in [-0.05, 0) is 75.7 Å². The molecule has 4 aliphatic rings. The fraction of sp³-hybridized carbons (Fsp3) is 0.900. The number of hydrogen-bond donors (Lipinski definition) is 2. The lowest BCUT2D eigenvalue weighted by Crippen LogP contribution is -2.49. The van der Waals surface area contributed by atoms with Gasteiger partial charge in [0.1, 0.15) is 0 Å². The van der Waals surface area contributed by atoms with E-state index in [9.17, 15) is 9.59 Å². The SMILES string of the molecule is CN(CC(=O)O)C1CCCN(C(=O)NC2CC3CC2C2CCCC32)CC1. The fourth-order valence-corrected chi connectivity index (χ4v) is 6.55. The number of carboxylic acid groups (broad SMARTS) is 1. The smallest absolute Gasteiger partial charge is 0.317 e. The first-order valence-electron chi connectivity index (χ1n) is 10.5. The molecule has 0 radical (unpaired) electrons. The lowest BCUT2D eigenvalue weighted by Gasteiger charge is -2.33. The molecule has 0 aromatic heterocycles. The summed E-state index contributed by atoms with van der Waals surface area (Å²) in [7, 11) is 1.88. The van der Waals surface area contributed by atoms with Crippen LogP contribution in [0.15, 0.2) is 0 Å². The van der Waals surface area contributed by atoms with Crippen LogP contribution in [0.1, 0.15) is 51.4 Å². The van der Waals surface area contributed by atoms with Gasteiger partial charge in [-0.15, -0.1) is 0 Å². The summed E-state index contributed by atoms with van der Waals surface area (Å²) in [4.78, 5) is 27.6. The number of carbonyl (C=O) groups excluding carboxylic acids is 1. The van der Waals surface area contributed by atoms with Crippen LogP contribution in [0.2, 0.25) is 0 Å². The average Bonchev–Trinajstić information content (AvgIpc) is 3.23. The van der Waals surface area contributed by atoms with E-state index < -0.39 is 5.97 Å². The van der Waals surface area contributed by atoms with Crippen molar-refractivity contribution < 1.29 is 14.7 Å². The molecule has 6 heteroatoms. The van der Waals surface area contributed by atoms with E-state index in [1.807, 2.05) is 16.8 Å². The Morgan fingerprint density at radius 1 is 1.04 bits per heavy atom. The molecule has 2 bridgehead atoms. The molecule has 0 aromatic rings. The van der Waals surface area contributed by atoms with Gasteiger partial charge in [0.25, 0.3) is 0 Å². The maximum absolute atomic E-state index is 12.8. The summed E-state index contributed by atoms with van der Waals surface area (Å²) in [6.07, 6.45) is 9.48. The first kappa shape index (κ1) is 18.1. The Balaban J connectivity index is 1.28. The summed E-state index contributed by atoms with van der Waals surface area (Å²) in [6.45, 7) is 1.59. The number of urea groups is 1. The van der Waals surface area contributed by atoms with E-state index in [4.69, 9.17) is 5.11 Å². The minimum absolute atomic E-state index is 0.0740. The second kappa shape index (κ2) is 7.37. The second-order valence-electron chi connectivity index (χ2n) is 9.09. The van der Waals surface area contributed by atoms with Gasteiger partial charge in [0.15, 0.2) is 0 Å². The summed E-state index contributed by atoms with van der Waals surface area (Å²) in [5.41, 5.74) is 0. The summed E-state index contributed by atoms with van der Waals surface area (Å²) < 4.78 is 0. The van der Waals surface area contributed by atoms with Gasteiger partial charge >= 0.3 is 12.0 Å². The molecule has 4 rings (SSSR count). The fourth-order valence-electron chi connectivity index (χ4n) is 6.55. The van der Waals surface area contributed by atoms with Gasteiger partial charge in [-0.25, -0.2) is 4.79 Å². The number of rotatable bonds is 4. The number of nitrogens with one attached hydrogen (secondary N) is 1. The first-order valence-corrected chi connectivity index (χ1v) is 10.5. The highest BCUT2D eigenvalue weighted by Gasteiger charge is 2.54. The maximum Gasteiger partial charge on any atom is 0.317 e. The second-order valence-corrected chi connectivity index (χ2v) is 9.09. The van der Waals surface area contributed by atoms with Crippen molar-refractivity contribution in [2.45, 2.75) is 63.5 Å². The van der Waals surface area contributed by atoms with Crippen LogP contribution in [-0.2, 0) is 4.79 Å². The Hall–Kier alpha value is -1.30. The van der Waals surface area contributed by atoms with Crippen LogP contribution in [0, 0.1) is 23.7 Å². The molecule has 1 saturated heterocycles. The maximum atomic E-state index is 12.8. The van der Waals surface area contributed by atoms with E-state index in [1.54, 1.807) is 0 Å². The summed E-state index contributed by atoms with van der Waals surface area (Å²) in [5.74, 6) is 2.62. The average molecular weight is 364 g/mol. The van der Waals surface area contributed by atoms with Crippen molar-refractivity contribution in [3.8, 4) is 0 Å². The summed E-state index contributed by atoms with van der Waals surface area (Å²) in [6, 6.07) is 0.754. The molecule has 6 unspecified atom stereocenters. The van der Waals surface area contributed by atoms with Crippen LogP contribution in [0.5, 0.6) is 0 Å². The Morgan fingerprint density at radius 3 is 2.65 bits per heavy atom. The van der Waals surface area contributed by atoms with E-state index in [-0.39, 0.29) is 18.6 Å². The van der Waals surface area contributed by atoms with Crippen LogP contribution < -0.4 is 5.32 Å². The number of nitrogens with zero attached hydrogens (tertiary/aromatic N) is 2. The molecule has 3 saturated carbocycles. The highest BCUT2D eigenvalue weighted by molar-refractivity contribution is 5.74. The molecule has 1 aliphatic heterocycles. The van der Waals surface area contributed by atoms with E-state index in [1.165, 1.54) is 32.1 Å². The highest BCUT2D eigenvalue weighted by Crippen LogP contribution is 2.58. The van der Waals surface area contributed by atoms with Crippen molar-refractivity contribution in [3.63, 3.8) is 0 Å².